The Bertz CT molecular complexity index is 1270. The maximum Gasteiger partial charge on any atom is 0.336 e. The van der Waals surface area contributed by atoms with E-state index in [1.165, 1.54) is 6.07 Å². The number of nitrogens with two attached hydrogens (primary N) is 1. The molecule has 0 aromatic heterocycles. The molecule has 8 N–H and O–H groups in total. The molecule has 4 amide bonds. The van der Waals surface area contributed by atoms with E-state index >= 15 is 0 Å². The molecule has 1 aromatic rings. The van der Waals surface area contributed by atoms with Crippen LogP contribution < -0.4 is 27.0 Å². The molecule has 1 rings (SSSR count). The number of carbonyl (C=O) groups is 6. The molecule has 51 heavy (non-hydrogen) atoms. The molecule has 0 aliphatic rings. The number of carboxylic acid groups (broad SMARTS) is 2. The van der Waals surface area contributed by atoms with Gasteiger partial charge in [-0.2, -0.15) is 0 Å². The van der Waals surface area contributed by atoms with E-state index in [0.29, 0.717) is 24.1 Å². The number of aromatic carboxylic acids is 1. The summed E-state index contributed by atoms with van der Waals surface area (Å²) < 4.78 is 0. The summed E-state index contributed by atoms with van der Waals surface area (Å²) in [5.41, 5.74) is 7.28. The maximum atomic E-state index is 12.9. The number of carboxylic acids is 2. The molecule has 2 atom stereocenters. The van der Waals surface area contributed by atoms with Crippen molar-refractivity contribution in [3.8, 4) is 0 Å². The third-order valence-electron chi connectivity index (χ3n) is 6.45. The van der Waals surface area contributed by atoms with Crippen LogP contribution in [0.15, 0.2) is 42.0 Å². The minimum absolute atomic E-state index is 0.0598. The van der Waals surface area contributed by atoms with Gasteiger partial charge in [-0.3, -0.25) is 24.0 Å². The molecule has 0 heterocycles. The quantitative estimate of drug-likeness (QED) is 0.0998. The lowest BCUT2D eigenvalue weighted by atomic mass is 10.0. The molecule has 0 aliphatic carbocycles. The number of benzene rings is 1. The van der Waals surface area contributed by atoms with Crippen molar-refractivity contribution in [2.75, 3.05) is 18.4 Å². The first-order valence-electron chi connectivity index (χ1n) is 17.6. The van der Waals surface area contributed by atoms with Crippen LogP contribution in [0.4, 0.5) is 5.69 Å². The molecule has 13 nitrogen and oxygen atoms in total. The minimum atomic E-state index is -1.09. The summed E-state index contributed by atoms with van der Waals surface area (Å²) in [6, 6.07) is 3.22. The van der Waals surface area contributed by atoms with Gasteiger partial charge in [-0.1, -0.05) is 92.2 Å². The van der Waals surface area contributed by atoms with E-state index in [2.05, 4.69) is 42.0 Å². The predicted molar refractivity (Wildman–Crippen MR) is 204 cm³/mol. The summed E-state index contributed by atoms with van der Waals surface area (Å²) in [6.45, 7) is 20.6. The Kier molecular flexibility index (Phi) is 30.2. The third-order valence-corrected chi connectivity index (χ3v) is 6.45. The summed E-state index contributed by atoms with van der Waals surface area (Å²) in [5, 5.41) is 27.7. The Balaban J connectivity index is -0.00000183. The average molecular weight is 720 g/mol. The first kappa shape index (κ1) is 50.9. The predicted octanol–water partition coefficient (Wildman–Crippen LogP) is 5.58. The van der Waals surface area contributed by atoms with Gasteiger partial charge < -0.3 is 37.2 Å². The Hall–Kier alpha value is -4.52. The second-order valence-corrected chi connectivity index (χ2v) is 12.4. The highest BCUT2D eigenvalue weighted by atomic mass is 16.4. The summed E-state index contributed by atoms with van der Waals surface area (Å²) in [6.07, 6.45) is 8.10. The molecular formula is C38H65N5O8. The van der Waals surface area contributed by atoms with E-state index in [0.717, 1.165) is 17.9 Å². The molecule has 290 valence electrons. The van der Waals surface area contributed by atoms with Crippen LogP contribution in [0.25, 0.3) is 0 Å². The second-order valence-electron chi connectivity index (χ2n) is 12.4. The van der Waals surface area contributed by atoms with Crippen LogP contribution in [-0.4, -0.2) is 71.0 Å². The largest absolute Gasteiger partial charge is 0.481 e. The first-order chi connectivity index (χ1) is 23.9. The van der Waals surface area contributed by atoms with E-state index in [-0.39, 0.29) is 37.4 Å². The zero-order valence-electron chi connectivity index (χ0n) is 32.6. The molecule has 13 heteroatoms. The number of nitrogens with one attached hydrogen (secondary N) is 4. The average Bonchev–Trinajstić information content (AvgIpc) is 3.06. The van der Waals surface area contributed by atoms with E-state index in [1.54, 1.807) is 39.8 Å². The molecule has 0 bridgehead atoms. The van der Waals surface area contributed by atoms with Gasteiger partial charge in [-0.05, 0) is 62.6 Å². The van der Waals surface area contributed by atoms with Crippen molar-refractivity contribution in [2.24, 2.45) is 17.6 Å². The van der Waals surface area contributed by atoms with Crippen LogP contribution in [-0.2, 0) is 24.0 Å². The van der Waals surface area contributed by atoms with Gasteiger partial charge >= 0.3 is 11.9 Å². The summed E-state index contributed by atoms with van der Waals surface area (Å²) in [4.78, 5) is 70.7. The SMILES string of the molecule is CC.CC(C)C.CC/C=C\C=C(/C)CCC(CC(=O)Nc1cccc(C(=O)O)c1C)NC(=O)CNC(=O)C(NC(=O)CN)C(C)C.CCC(=O)O. The highest BCUT2D eigenvalue weighted by Crippen LogP contribution is 2.20. The summed E-state index contributed by atoms with van der Waals surface area (Å²) in [7, 11) is 0. The van der Waals surface area contributed by atoms with Gasteiger partial charge in [0.05, 0.1) is 18.7 Å². The molecule has 0 saturated heterocycles. The first-order valence-corrected chi connectivity index (χ1v) is 17.6. The molecule has 0 saturated carbocycles. The smallest absolute Gasteiger partial charge is 0.336 e. The van der Waals surface area contributed by atoms with Crippen LogP contribution in [0.5, 0.6) is 0 Å². The van der Waals surface area contributed by atoms with Crippen LogP contribution in [0.3, 0.4) is 0 Å². The van der Waals surface area contributed by atoms with Gasteiger partial charge in [0, 0.05) is 24.6 Å². The number of hydrogen-bond donors (Lipinski definition) is 7. The number of anilines is 1. The van der Waals surface area contributed by atoms with Crippen molar-refractivity contribution in [3.05, 3.63) is 53.1 Å². The zero-order valence-corrected chi connectivity index (χ0v) is 32.6. The van der Waals surface area contributed by atoms with Crippen LogP contribution >= 0.6 is 0 Å². The standard InChI is InChI=1S/C29H43N5O6.C4H10.C3H6O2.C2H6/c1-6-7-8-10-19(4)13-14-21(15-24(35)33-23-12-9-11-22(20(23)5)29(39)40)32-26(37)17-31-28(38)27(18(2)3)34-25(36)16-30;1-4(2)3;1-2-3(4)5;1-2/h7-12,18,21,27H,6,13-17,30H2,1-5H3,(H,31,38)(H,32,37)(H,33,35)(H,34,36)(H,39,40);4H,1-3H3;2H2,1H3,(H,4,5);1-2H3/b8-7-,19-10+;;;. The van der Waals surface area contributed by atoms with Crippen LogP contribution in [0.1, 0.15) is 117 Å². The zero-order chi connectivity index (χ0) is 40.1. The third kappa shape index (κ3) is 27.0. The lowest BCUT2D eigenvalue weighted by molar-refractivity contribution is -0.136. The normalized spacial score (nSPS) is 11.8. The number of amides is 4. The lowest BCUT2D eigenvalue weighted by Gasteiger charge is -2.22. The van der Waals surface area contributed by atoms with Gasteiger partial charge in [0.15, 0.2) is 0 Å². The van der Waals surface area contributed by atoms with E-state index < -0.39 is 47.7 Å². The van der Waals surface area contributed by atoms with Crippen molar-refractivity contribution in [1.82, 2.24) is 16.0 Å². The van der Waals surface area contributed by atoms with Crippen molar-refractivity contribution in [3.63, 3.8) is 0 Å². The van der Waals surface area contributed by atoms with Crippen molar-refractivity contribution >= 4 is 41.3 Å². The lowest BCUT2D eigenvalue weighted by Crippen LogP contribution is -2.53. The number of hydrogen-bond acceptors (Lipinski definition) is 7. The highest BCUT2D eigenvalue weighted by molar-refractivity contribution is 5.96. The van der Waals surface area contributed by atoms with Gasteiger partial charge in [-0.25, -0.2) is 4.79 Å². The van der Waals surface area contributed by atoms with E-state index in [9.17, 15) is 33.9 Å². The Morgan fingerprint density at radius 2 is 1.47 bits per heavy atom. The minimum Gasteiger partial charge on any atom is -0.481 e. The number of carbonyl (C=O) groups excluding carboxylic acids is 4. The summed E-state index contributed by atoms with van der Waals surface area (Å²) in [5.74, 6) is -3.11. The van der Waals surface area contributed by atoms with Crippen molar-refractivity contribution in [1.29, 1.82) is 0 Å². The fraction of sp³-hybridized carbons (Fsp3) is 0.579. The Morgan fingerprint density at radius 1 is 0.902 bits per heavy atom. The molecular weight excluding hydrogens is 654 g/mol. The number of aliphatic carboxylic acids is 1. The van der Waals surface area contributed by atoms with Crippen molar-refractivity contribution < 1.29 is 39.0 Å². The van der Waals surface area contributed by atoms with Gasteiger partial charge in [0.2, 0.25) is 23.6 Å². The monoisotopic (exact) mass is 719 g/mol. The molecule has 0 spiro atoms. The number of rotatable bonds is 17. The Morgan fingerprint density at radius 3 is 1.94 bits per heavy atom. The van der Waals surface area contributed by atoms with Crippen LogP contribution in [0.2, 0.25) is 0 Å². The van der Waals surface area contributed by atoms with Gasteiger partial charge in [0.1, 0.15) is 6.04 Å². The van der Waals surface area contributed by atoms with E-state index in [1.807, 2.05) is 45.9 Å². The fourth-order valence-corrected chi connectivity index (χ4v) is 3.83. The maximum absolute atomic E-state index is 12.9. The van der Waals surface area contributed by atoms with Gasteiger partial charge in [0.25, 0.3) is 0 Å². The highest BCUT2D eigenvalue weighted by Gasteiger charge is 2.25. The molecule has 1 aromatic carbocycles. The van der Waals surface area contributed by atoms with Gasteiger partial charge in [-0.15, -0.1) is 0 Å². The van der Waals surface area contributed by atoms with Crippen molar-refractivity contribution in [2.45, 2.75) is 120 Å². The summed E-state index contributed by atoms with van der Waals surface area (Å²) >= 11 is 0. The van der Waals surface area contributed by atoms with Crippen LogP contribution in [0, 0.1) is 18.8 Å². The molecule has 0 radical (unpaired) electrons. The molecule has 2 unspecified atom stereocenters. The molecule has 0 aliphatic heterocycles. The van der Waals surface area contributed by atoms with E-state index in [4.69, 9.17) is 10.8 Å². The Labute approximate surface area is 305 Å². The fourth-order valence-electron chi connectivity index (χ4n) is 3.83. The second kappa shape index (κ2) is 30.3. The molecule has 0 fully saturated rings. The number of allylic oxidation sites excluding steroid dienone is 4. The topological polar surface area (TPSA) is 217 Å².